The van der Waals surface area contributed by atoms with Crippen LogP contribution in [0.15, 0.2) is 30.3 Å². The van der Waals surface area contributed by atoms with E-state index in [-0.39, 0.29) is 6.04 Å². The lowest BCUT2D eigenvalue weighted by Crippen LogP contribution is -2.35. The van der Waals surface area contributed by atoms with Gasteiger partial charge in [0.1, 0.15) is 11.0 Å². The summed E-state index contributed by atoms with van der Waals surface area (Å²) in [6.07, 6.45) is 1.71. The molecule has 0 bridgehead atoms. The van der Waals surface area contributed by atoms with E-state index in [2.05, 4.69) is 22.0 Å². The highest BCUT2D eigenvalue weighted by Gasteiger charge is 2.31. The molecule has 4 nitrogen and oxygen atoms in total. The molecule has 21 heavy (non-hydrogen) atoms. The second kappa shape index (κ2) is 5.95. The zero-order chi connectivity index (χ0) is 14.8. The number of aromatic nitrogens is 1. The Kier molecular flexibility index (Phi) is 4.03. The third-order valence-electron chi connectivity index (χ3n) is 3.91. The lowest BCUT2D eigenvalue weighted by atomic mass is 10.2. The lowest BCUT2D eigenvalue weighted by molar-refractivity contribution is -0.142. The van der Waals surface area contributed by atoms with E-state index in [9.17, 15) is 9.90 Å². The highest BCUT2D eigenvalue weighted by molar-refractivity contribution is 7.15. The Morgan fingerprint density at radius 2 is 2.19 bits per heavy atom. The Bertz CT molecular complexity index is 639. The number of aliphatic carboxylic acids is 1. The fourth-order valence-electron chi connectivity index (χ4n) is 2.76. The number of hydrogen-bond donors (Lipinski definition) is 1. The van der Waals surface area contributed by atoms with Crippen LogP contribution in [0.25, 0.3) is 10.6 Å². The van der Waals surface area contributed by atoms with E-state index < -0.39 is 5.97 Å². The summed E-state index contributed by atoms with van der Waals surface area (Å²) >= 11 is 1.67. The molecule has 2 aromatic rings. The Morgan fingerprint density at radius 3 is 2.90 bits per heavy atom. The van der Waals surface area contributed by atoms with E-state index in [1.54, 1.807) is 11.3 Å². The quantitative estimate of drug-likeness (QED) is 0.942. The third-order valence-corrected chi connectivity index (χ3v) is 5.10. The minimum absolute atomic E-state index is 0.341. The van der Waals surface area contributed by atoms with Crippen molar-refractivity contribution in [3.05, 3.63) is 40.9 Å². The highest BCUT2D eigenvalue weighted by atomic mass is 32.1. The summed E-state index contributed by atoms with van der Waals surface area (Å²) in [7, 11) is 0. The molecule has 2 heterocycles. The Hall–Kier alpha value is -1.72. The Labute approximate surface area is 128 Å². The molecule has 1 aromatic heterocycles. The molecule has 110 valence electrons. The van der Waals surface area contributed by atoms with Crippen molar-refractivity contribution in [3.8, 4) is 10.6 Å². The summed E-state index contributed by atoms with van der Waals surface area (Å²) in [6.45, 7) is 3.55. The van der Waals surface area contributed by atoms with Crippen molar-refractivity contribution < 1.29 is 9.90 Å². The molecule has 0 saturated carbocycles. The van der Waals surface area contributed by atoms with Crippen LogP contribution < -0.4 is 0 Å². The van der Waals surface area contributed by atoms with Crippen molar-refractivity contribution in [2.45, 2.75) is 32.4 Å². The Balaban J connectivity index is 1.81. The van der Waals surface area contributed by atoms with Gasteiger partial charge in [-0.3, -0.25) is 9.69 Å². The molecule has 1 fully saturated rings. The van der Waals surface area contributed by atoms with Gasteiger partial charge in [0, 0.05) is 17.0 Å². The van der Waals surface area contributed by atoms with Crippen molar-refractivity contribution in [3.63, 3.8) is 0 Å². The number of likely N-dealkylation sites (tertiary alicyclic amines) is 1. The second-order valence-electron chi connectivity index (χ2n) is 5.36. The van der Waals surface area contributed by atoms with Crippen LogP contribution in [0.1, 0.15) is 23.4 Å². The number of benzene rings is 1. The molecule has 0 radical (unpaired) electrons. The van der Waals surface area contributed by atoms with Gasteiger partial charge in [0.2, 0.25) is 0 Å². The molecule has 1 aliphatic heterocycles. The predicted molar refractivity (Wildman–Crippen MR) is 83.4 cm³/mol. The maximum Gasteiger partial charge on any atom is 0.320 e. The van der Waals surface area contributed by atoms with Crippen LogP contribution in [0.2, 0.25) is 0 Å². The normalized spacial score (nSPS) is 19.0. The molecule has 0 amide bonds. The maximum atomic E-state index is 11.3. The van der Waals surface area contributed by atoms with Crippen LogP contribution in [0.5, 0.6) is 0 Å². The average Bonchev–Trinajstić information content (AvgIpc) is 3.08. The first-order chi connectivity index (χ1) is 10.1. The molecule has 1 saturated heterocycles. The van der Waals surface area contributed by atoms with Crippen molar-refractivity contribution in [2.75, 3.05) is 6.54 Å². The number of nitrogens with zero attached hydrogens (tertiary/aromatic N) is 2. The van der Waals surface area contributed by atoms with Gasteiger partial charge in [-0.05, 0) is 26.3 Å². The van der Waals surface area contributed by atoms with E-state index in [1.165, 1.54) is 4.88 Å². The molecule has 0 aliphatic carbocycles. The number of carbonyl (C=O) groups is 1. The number of carboxylic acids is 1. The van der Waals surface area contributed by atoms with Gasteiger partial charge in [-0.1, -0.05) is 30.3 Å². The van der Waals surface area contributed by atoms with Crippen molar-refractivity contribution in [1.29, 1.82) is 0 Å². The molecule has 5 heteroatoms. The third kappa shape index (κ3) is 2.99. The summed E-state index contributed by atoms with van der Waals surface area (Å²) < 4.78 is 0. The largest absolute Gasteiger partial charge is 0.480 e. The number of hydrogen-bond acceptors (Lipinski definition) is 4. The fourth-order valence-corrected chi connectivity index (χ4v) is 3.85. The molecule has 1 aliphatic rings. The van der Waals surface area contributed by atoms with Gasteiger partial charge in [0.25, 0.3) is 0 Å². The van der Waals surface area contributed by atoms with Crippen LogP contribution in [-0.4, -0.2) is 33.5 Å². The minimum Gasteiger partial charge on any atom is -0.480 e. The van der Waals surface area contributed by atoms with Crippen molar-refractivity contribution in [2.24, 2.45) is 0 Å². The van der Waals surface area contributed by atoms with E-state index >= 15 is 0 Å². The van der Waals surface area contributed by atoms with Crippen molar-refractivity contribution in [1.82, 2.24) is 9.88 Å². The first kappa shape index (κ1) is 14.2. The smallest absolute Gasteiger partial charge is 0.320 e. The van der Waals surface area contributed by atoms with Crippen molar-refractivity contribution >= 4 is 17.3 Å². The molecule has 3 rings (SSSR count). The highest BCUT2D eigenvalue weighted by Crippen LogP contribution is 2.30. The van der Waals surface area contributed by atoms with Crippen LogP contribution in [-0.2, 0) is 11.3 Å². The van der Waals surface area contributed by atoms with E-state index in [0.29, 0.717) is 6.54 Å². The lowest BCUT2D eigenvalue weighted by Gasteiger charge is -2.20. The second-order valence-corrected chi connectivity index (χ2v) is 6.44. The van der Waals surface area contributed by atoms with E-state index in [1.807, 2.05) is 25.1 Å². The standard InChI is InChI=1S/C16H18N2O2S/c1-11-14(10-18-9-5-8-13(18)16(19)20)21-15(17-11)12-6-3-2-4-7-12/h2-4,6-7,13H,5,8-10H2,1H3,(H,19,20)/t13-/m1/s1. The number of rotatable bonds is 4. The summed E-state index contributed by atoms with van der Waals surface area (Å²) in [5, 5.41) is 10.3. The molecule has 1 N–H and O–H groups in total. The van der Waals surface area contributed by atoms with Crippen LogP contribution in [0, 0.1) is 6.92 Å². The van der Waals surface area contributed by atoms with E-state index in [0.717, 1.165) is 35.7 Å². The van der Waals surface area contributed by atoms with Gasteiger partial charge >= 0.3 is 5.97 Å². The summed E-state index contributed by atoms with van der Waals surface area (Å²) in [5.41, 5.74) is 2.13. The molecule has 1 atom stereocenters. The van der Waals surface area contributed by atoms with Crippen LogP contribution in [0.3, 0.4) is 0 Å². The number of aryl methyl sites for hydroxylation is 1. The zero-order valence-electron chi connectivity index (χ0n) is 12.0. The summed E-state index contributed by atoms with van der Waals surface area (Å²) in [5.74, 6) is -0.710. The number of thiazole rings is 1. The maximum absolute atomic E-state index is 11.3. The predicted octanol–water partition coefficient (Wildman–Crippen LogP) is 3.17. The topological polar surface area (TPSA) is 53.4 Å². The average molecular weight is 302 g/mol. The SMILES string of the molecule is Cc1nc(-c2ccccc2)sc1CN1CCC[C@@H]1C(=O)O. The Morgan fingerprint density at radius 1 is 1.43 bits per heavy atom. The molecular weight excluding hydrogens is 284 g/mol. The van der Waals surface area contributed by atoms with E-state index in [4.69, 9.17) is 0 Å². The monoisotopic (exact) mass is 302 g/mol. The molecule has 0 spiro atoms. The van der Waals surface area contributed by atoms with Gasteiger partial charge in [-0.15, -0.1) is 11.3 Å². The van der Waals surface area contributed by atoms with Crippen LogP contribution in [0.4, 0.5) is 0 Å². The zero-order valence-corrected chi connectivity index (χ0v) is 12.8. The molecule has 0 unspecified atom stereocenters. The first-order valence-corrected chi connectivity index (χ1v) is 7.95. The van der Waals surface area contributed by atoms with Gasteiger partial charge in [0.15, 0.2) is 0 Å². The first-order valence-electron chi connectivity index (χ1n) is 7.14. The number of carboxylic acid groups (broad SMARTS) is 1. The van der Waals surface area contributed by atoms with Gasteiger partial charge < -0.3 is 5.11 Å². The molecule has 1 aromatic carbocycles. The minimum atomic E-state index is -0.710. The fraction of sp³-hybridized carbons (Fsp3) is 0.375. The molecular formula is C16H18N2O2S. The summed E-state index contributed by atoms with van der Waals surface area (Å²) in [6, 6.07) is 9.77. The van der Waals surface area contributed by atoms with Gasteiger partial charge in [-0.25, -0.2) is 4.98 Å². The summed E-state index contributed by atoms with van der Waals surface area (Å²) in [4.78, 5) is 19.1. The van der Waals surface area contributed by atoms with Gasteiger partial charge in [-0.2, -0.15) is 0 Å². The van der Waals surface area contributed by atoms with Gasteiger partial charge in [0.05, 0.1) is 5.69 Å². The van der Waals surface area contributed by atoms with Crippen LogP contribution >= 0.6 is 11.3 Å².